The Morgan fingerprint density at radius 1 is 0.833 bits per heavy atom. The Morgan fingerprint density at radius 3 is 2.04 bits per heavy atom. The molecule has 24 heavy (non-hydrogen) atoms. The summed E-state index contributed by atoms with van der Waals surface area (Å²) < 4.78 is 5.20. The maximum absolute atomic E-state index is 5.20. The van der Waals surface area contributed by atoms with Crippen molar-refractivity contribution in [1.29, 1.82) is 0 Å². The maximum Gasteiger partial charge on any atom is 0.119 e. The molecule has 0 aromatic heterocycles. The van der Waals surface area contributed by atoms with Gasteiger partial charge in [0.1, 0.15) is 5.75 Å². The van der Waals surface area contributed by atoms with Gasteiger partial charge in [0.05, 0.1) is 7.11 Å². The lowest BCUT2D eigenvalue weighted by Gasteiger charge is -2.22. The molecule has 0 aliphatic rings. The number of methoxy groups -OCH3 is 1. The van der Waals surface area contributed by atoms with Crippen molar-refractivity contribution in [3.8, 4) is 5.75 Å². The van der Waals surface area contributed by atoms with Crippen molar-refractivity contribution in [2.24, 2.45) is 0 Å². The molecule has 1 aromatic carbocycles. The Kier molecular flexibility index (Phi) is 11.4. The first kappa shape index (κ1) is 21.5. The molecule has 0 heterocycles. The SMILES string of the molecule is COc1ccc(N(C)CCCN(C)CCSSCCN(C)C)cc1. The minimum Gasteiger partial charge on any atom is -0.497 e. The highest BCUT2D eigenvalue weighted by Crippen LogP contribution is 2.20. The molecule has 138 valence electrons. The van der Waals surface area contributed by atoms with Crippen LogP contribution in [0.1, 0.15) is 6.42 Å². The van der Waals surface area contributed by atoms with Gasteiger partial charge in [0.15, 0.2) is 0 Å². The Morgan fingerprint density at radius 2 is 1.46 bits per heavy atom. The lowest BCUT2D eigenvalue weighted by Crippen LogP contribution is -2.27. The second kappa shape index (κ2) is 12.8. The van der Waals surface area contributed by atoms with Crippen LogP contribution in [-0.2, 0) is 0 Å². The molecule has 0 N–H and O–H groups in total. The topological polar surface area (TPSA) is 19.0 Å². The van der Waals surface area contributed by atoms with Crippen LogP contribution in [0, 0.1) is 0 Å². The molecule has 0 aliphatic carbocycles. The summed E-state index contributed by atoms with van der Waals surface area (Å²) >= 11 is 0. The minimum atomic E-state index is 0.910. The van der Waals surface area contributed by atoms with E-state index in [2.05, 4.69) is 55.0 Å². The fourth-order valence-corrected chi connectivity index (χ4v) is 4.40. The van der Waals surface area contributed by atoms with E-state index in [0.29, 0.717) is 0 Å². The molecule has 0 atom stereocenters. The summed E-state index contributed by atoms with van der Waals surface area (Å²) in [5, 5.41) is 0. The van der Waals surface area contributed by atoms with Crippen LogP contribution in [0.3, 0.4) is 0 Å². The van der Waals surface area contributed by atoms with Gasteiger partial charge >= 0.3 is 0 Å². The van der Waals surface area contributed by atoms with Crippen LogP contribution in [0.2, 0.25) is 0 Å². The summed E-state index contributed by atoms with van der Waals surface area (Å²) in [6.07, 6.45) is 1.18. The van der Waals surface area contributed by atoms with Gasteiger partial charge in [-0.15, -0.1) is 0 Å². The standard InChI is InChI=1S/C18H33N3OS2/c1-19(2)13-15-23-24-16-14-20(3)11-6-12-21(4)17-7-9-18(22-5)10-8-17/h7-10H,6,11-16H2,1-5H3. The number of ether oxygens (including phenoxy) is 1. The van der Waals surface area contributed by atoms with E-state index in [4.69, 9.17) is 4.74 Å². The maximum atomic E-state index is 5.20. The van der Waals surface area contributed by atoms with Crippen LogP contribution in [0.25, 0.3) is 0 Å². The van der Waals surface area contributed by atoms with Crippen molar-refractivity contribution < 1.29 is 4.74 Å². The fourth-order valence-electron chi connectivity index (χ4n) is 2.19. The van der Waals surface area contributed by atoms with Gasteiger partial charge in [-0.25, -0.2) is 0 Å². The van der Waals surface area contributed by atoms with Crippen molar-refractivity contribution >= 4 is 27.3 Å². The van der Waals surface area contributed by atoms with E-state index in [0.717, 1.165) is 31.9 Å². The van der Waals surface area contributed by atoms with E-state index in [1.165, 1.54) is 23.6 Å². The van der Waals surface area contributed by atoms with E-state index >= 15 is 0 Å². The second-order valence-electron chi connectivity index (χ2n) is 6.22. The first-order chi connectivity index (χ1) is 11.5. The molecule has 0 amide bonds. The molecule has 4 nitrogen and oxygen atoms in total. The fraction of sp³-hybridized carbons (Fsp3) is 0.667. The highest BCUT2D eigenvalue weighted by Gasteiger charge is 2.03. The molecule has 0 fully saturated rings. The van der Waals surface area contributed by atoms with E-state index in [9.17, 15) is 0 Å². The normalized spacial score (nSPS) is 11.3. The summed E-state index contributed by atoms with van der Waals surface area (Å²) in [5.41, 5.74) is 1.24. The van der Waals surface area contributed by atoms with Crippen LogP contribution in [0.5, 0.6) is 5.75 Å². The van der Waals surface area contributed by atoms with Crippen molar-refractivity contribution in [2.75, 3.05) is 77.9 Å². The summed E-state index contributed by atoms with van der Waals surface area (Å²) in [5.74, 6) is 3.31. The third-order valence-electron chi connectivity index (χ3n) is 3.81. The summed E-state index contributed by atoms with van der Waals surface area (Å²) in [6.45, 7) is 4.53. The van der Waals surface area contributed by atoms with Gasteiger partial charge in [-0.3, -0.25) is 0 Å². The van der Waals surface area contributed by atoms with Crippen LogP contribution < -0.4 is 9.64 Å². The molecule has 1 aromatic rings. The van der Waals surface area contributed by atoms with E-state index in [1.54, 1.807) is 7.11 Å². The van der Waals surface area contributed by atoms with Crippen LogP contribution in [0.4, 0.5) is 5.69 Å². The Hall–Kier alpha value is -0.560. The molecule has 6 heteroatoms. The van der Waals surface area contributed by atoms with Gasteiger partial charge in [-0.1, -0.05) is 21.6 Å². The Labute approximate surface area is 156 Å². The molecule has 0 bridgehead atoms. The van der Waals surface area contributed by atoms with Crippen molar-refractivity contribution in [3.63, 3.8) is 0 Å². The largest absolute Gasteiger partial charge is 0.497 e. The van der Waals surface area contributed by atoms with Gasteiger partial charge in [-0.05, 0) is 58.4 Å². The first-order valence-electron chi connectivity index (χ1n) is 8.46. The smallest absolute Gasteiger partial charge is 0.119 e. The van der Waals surface area contributed by atoms with E-state index < -0.39 is 0 Å². The van der Waals surface area contributed by atoms with Gasteiger partial charge < -0.3 is 19.4 Å². The predicted octanol–water partition coefficient (Wildman–Crippen LogP) is 3.40. The van der Waals surface area contributed by atoms with Crippen molar-refractivity contribution in [1.82, 2.24) is 9.80 Å². The third kappa shape index (κ3) is 9.67. The van der Waals surface area contributed by atoms with Gasteiger partial charge in [0.25, 0.3) is 0 Å². The first-order valence-corrected chi connectivity index (χ1v) is 10.9. The van der Waals surface area contributed by atoms with Crippen LogP contribution in [-0.4, -0.2) is 82.8 Å². The van der Waals surface area contributed by atoms with Crippen LogP contribution in [0.15, 0.2) is 24.3 Å². The Balaban J connectivity index is 2.08. The molecule has 0 aliphatic heterocycles. The Bertz CT molecular complexity index is 429. The molecule has 1 rings (SSSR count). The van der Waals surface area contributed by atoms with Gasteiger partial charge in [-0.2, -0.15) is 0 Å². The number of rotatable bonds is 13. The third-order valence-corrected chi connectivity index (χ3v) is 6.17. The molecule has 0 unspecified atom stereocenters. The highest BCUT2D eigenvalue weighted by molar-refractivity contribution is 8.76. The van der Waals surface area contributed by atoms with Gasteiger partial charge in [0.2, 0.25) is 0 Å². The number of hydrogen-bond acceptors (Lipinski definition) is 6. The summed E-state index contributed by atoms with van der Waals surface area (Å²) in [7, 11) is 14.3. The van der Waals surface area contributed by atoms with Gasteiger partial charge in [0, 0.05) is 43.9 Å². The molecular formula is C18H33N3OS2. The monoisotopic (exact) mass is 371 g/mol. The zero-order valence-electron chi connectivity index (χ0n) is 15.8. The minimum absolute atomic E-state index is 0.910. The molecular weight excluding hydrogens is 338 g/mol. The molecule has 0 spiro atoms. The molecule has 0 saturated heterocycles. The zero-order valence-corrected chi connectivity index (χ0v) is 17.5. The number of anilines is 1. The highest BCUT2D eigenvalue weighted by atomic mass is 33.1. The molecule has 0 saturated carbocycles. The predicted molar refractivity (Wildman–Crippen MR) is 112 cm³/mol. The van der Waals surface area contributed by atoms with Crippen molar-refractivity contribution in [2.45, 2.75) is 6.42 Å². The summed E-state index contributed by atoms with van der Waals surface area (Å²) in [6, 6.07) is 8.26. The number of hydrogen-bond donors (Lipinski definition) is 0. The number of nitrogens with zero attached hydrogens (tertiary/aromatic N) is 3. The lowest BCUT2D eigenvalue weighted by molar-refractivity contribution is 0.352. The van der Waals surface area contributed by atoms with E-state index in [-0.39, 0.29) is 0 Å². The average molecular weight is 372 g/mol. The molecule has 0 radical (unpaired) electrons. The second-order valence-corrected chi connectivity index (χ2v) is 8.93. The van der Waals surface area contributed by atoms with E-state index in [1.807, 2.05) is 33.7 Å². The summed E-state index contributed by atoms with van der Waals surface area (Å²) in [4.78, 5) is 6.97. The quantitative estimate of drug-likeness (QED) is 0.388. The number of benzene rings is 1. The lowest BCUT2D eigenvalue weighted by atomic mass is 10.2. The average Bonchev–Trinajstić information content (AvgIpc) is 2.57. The zero-order chi connectivity index (χ0) is 17.8. The van der Waals surface area contributed by atoms with Crippen molar-refractivity contribution in [3.05, 3.63) is 24.3 Å². The van der Waals surface area contributed by atoms with Crippen LogP contribution >= 0.6 is 21.6 Å².